The van der Waals surface area contributed by atoms with Crippen LogP contribution in [0.2, 0.25) is 5.02 Å². The number of rotatable bonds is 7. The first-order chi connectivity index (χ1) is 13.8. The molecule has 0 aromatic heterocycles. The molecule has 0 unspecified atom stereocenters. The third-order valence-electron chi connectivity index (χ3n) is 3.89. The summed E-state index contributed by atoms with van der Waals surface area (Å²) >= 11 is 10.2. The van der Waals surface area contributed by atoms with Gasteiger partial charge in [-0.1, -0.05) is 17.7 Å². The van der Waals surface area contributed by atoms with Gasteiger partial charge in [0.25, 0.3) is 11.1 Å². The molecule has 0 bridgehead atoms. The van der Waals surface area contributed by atoms with E-state index in [4.69, 9.17) is 21.1 Å². The van der Waals surface area contributed by atoms with Crippen LogP contribution in [-0.4, -0.2) is 35.3 Å². The SMILES string of the molecule is CC(C)Oc1ccc(/C=C2\SC(=O)N(CCOc3ccc(Cl)cc3)C2=O)cc1Br. The highest BCUT2D eigenvalue weighted by atomic mass is 79.9. The average Bonchev–Trinajstić information content (AvgIpc) is 2.92. The number of ether oxygens (including phenoxy) is 2. The summed E-state index contributed by atoms with van der Waals surface area (Å²) in [5.41, 5.74) is 0.802. The van der Waals surface area contributed by atoms with Gasteiger partial charge >= 0.3 is 0 Å². The van der Waals surface area contributed by atoms with Crippen LogP contribution in [0.3, 0.4) is 0 Å². The molecular weight excluding hydrogens is 478 g/mol. The summed E-state index contributed by atoms with van der Waals surface area (Å²) in [6.45, 7) is 4.29. The van der Waals surface area contributed by atoms with Crippen LogP contribution in [-0.2, 0) is 4.79 Å². The zero-order valence-electron chi connectivity index (χ0n) is 15.9. The number of nitrogens with zero attached hydrogens (tertiary/aromatic N) is 1. The van der Waals surface area contributed by atoms with Gasteiger partial charge in [0.15, 0.2) is 0 Å². The van der Waals surface area contributed by atoms with Gasteiger partial charge < -0.3 is 9.47 Å². The maximum atomic E-state index is 12.6. The fourth-order valence-electron chi connectivity index (χ4n) is 2.59. The molecule has 5 nitrogen and oxygen atoms in total. The molecule has 1 aliphatic rings. The minimum Gasteiger partial charge on any atom is -0.492 e. The first-order valence-corrected chi connectivity index (χ1v) is 10.9. The standard InChI is InChI=1S/C21H19BrClNO4S/c1-13(2)28-18-8-3-14(11-17(18)22)12-19-20(25)24(21(26)29-19)9-10-27-16-6-4-15(23)5-7-16/h3-8,11-13H,9-10H2,1-2H3/b19-12-. The van der Waals surface area contributed by atoms with Crippen molar-refractivity contribution in [3.05, 3.63) is 62.4 Å². The molecule has 1 heterocycles. The number of hydrogen-bond acceptors (Lipinski definition) is 5. The first-order valence-electron chi connectivity index (χ1n) is 8.93. The Kier molecular flexibility index (Phi) is 7.27. The van der Waals surface area contributed by atoms with E-state index in [0.29, 0.717) is 15.7 Å². The van der Waals surface area contributed by atoms with E-state index < -0.39 is 0 Å². The Morgan fingerprint density at radius 1 is 1.17 bits per heavy atom. The predicted molar refractivity (Wildman–Crippen MR) is 120 cm³/mol. The summed E-state index contributed by atoms with van der Waals surface area (Å²) < 4.78 is 12.1. The van der Waals surface area contributed by atoms with Crippen LogP contribution in [0, 0.1) is 0 Å². The molecule has 1 fully saturated rings. The van der Waals surface area contributed by atoms with E-state index in [2.05, 4.69) is 15.9 Å². The lowest BCUT2D eigenvalue weighted by atomic mass is 10.2. The lowest BCUT2D eigenvalue weighted by molar-refractivity contribution is -0.123. The van der Waals surface area contributed by atoms with Crippen LogP contribution in [0.15, 0.2) is 51.8 Å². The van der Waals surface area contributed by atoms with E-state index >= 15 is 0 Å². The molecule has 0 atom stereocenters. The maximum Gasteiger partial charge on any atom is 0.293 e. The fraction of sp³-hybridized carbons (Fsp3) is 0.238. The Bertz CT molecular complexity index is 946. The number of imide groups is 1. The van der Waals surface area contributed by atoms with Gasteiger partial charge in [-0.2, -0.15) is 0 Å². The minimum atomic E-state index is -0.321. The molecule has 1 saturated heterocycles. The van der Waals surface area contributed by atoms with E-state index in [-0.39, 0.29) is 30.4 Å². The number of thioether (sulfide) groups is 1. The Labute approximate surface area is 187 Å². The number of benzene rings is 2. The van der Waals surface area contributed by atoms with Crippen molar-refractivity contribution in [1.29, 1.82) is 0 Å². The van der Waals surface area contributed by atoms with Crippen molar-refractivity contribution in [2.24, 2.45) is 0 Å². The van der Waals surface area contributed by atoms with Crippen LogP contribution in [0.4, 0.5) is 4.79 Å². The van der Waals surface area contributed by atoms with Crippen molar-refractivity contribution in [2.75, 3.05) is 13.2 Å². The molecule has 0 aliphatic carbocycles. The van der Waals surface area contributed by atoms with Crippen LogP contribution in [0.25, 0.3) is 6.08 Å². The molecule has 0 radical (unpaired) electrons. The zero-order valence-corrected chi connectivity index (χ0v) is 19.0. The lowest BCUT2D eigenvalue weighted by Crippen LogP contribution is -2.32. The predicted octanol–water partition coefficient (Wildman–Crippen LogP) is 6.01. The van der Waals surface area contributed by atoms with Crippen LogP contribution >= 0.6 is 39.3 Å². The summed E-state index contributed by atoms with van der Waals surface area (Å²) in [5, 5.41) is 0.309. The van der Waals surface area contributed by atoms with Crippen LogP contribution < -0.4 is 9.47 Å². The Hall–Kier alpha value is -1.96. The molecule has 8 heteroatoms. The number of hydrogen-bond donors (Lipinski definition) is 0. The van der Waals surface area contributed by atoms with Crippen molar-refractivity contribution in [1.82, 2.24) is 4.90 Å². The molecule has 0 spiro atoms. The summed E-state index contributed by atoms with van der Waals surface area (Å²) in [6.07, 6.45) is 1.76. The van der Waals surface area contributed by atoms with Crippen molar-refractivity contribution in [3.8, 4) is 11.5 Å². The molecule has 0 N–H and O–H groups in total. The Morgan fingerprint density at radius 3 is 2.55 bits per heavy atom. The number of carbonyl (C=O) groups is 2. The first kappa shape index (κ1) is 21.7. The van der Waals surface area contributed by atoms with Crippen molar-refractivity contribution in [2.45, 2.75) is 20.0 Å². The van der Waals surface area contributed by atoms with E-state index in [9.17, 15) is 9.59 Å². The van der Waals surface area contributed by atoms with Gasteiger partial charge in [-0.25, -0.2) is 0 Å². The van der Waals surface area contributed by atoms with Gasteiger partial charge in [-0.3, -0.25) is 14.5 Å². The van der Waals surface area contributed by atoms with Gasteiger partial charge in [-0.05, 0) is 89.6 Å². The monoisotopic (exact) mass is 495 g/mol. The topological polar surface area (TPSA) is 55.8 Å². The van der Waals surface area contributed by atoms with Gasteiger partial charge in [0.05, 0.1) is 22.0 Å². The highest BCUT2D eigenvalue weighted by Crippen LogP contribution is 2.34. The third-order valence-corrected chi connectivity index (χ3v) is 5.67. The van der Waals surface area contributed by atoms with Crippen molar-refractivity contribution in [3.63, 3.8) is 0 Å². The molecular formula is C21H19BrClNO4S. The maximum absolute atomic E-state index is 12.6. The van der Waals surface area contributed by atoms with E-state index in [1.165, 1.54) is 4.90 Å². The van der Waals surface area contributed by atoms with Gasteiger partial charge in [-0.15, -0.1) is 0 Å². The molecule has 0 saturated carbocycles. The molecule has 2 amide bonds. The van der Waals surface area contributed by atoms with E-state index in [1.807, 2.05) is 32.0 Å². The number of amides is 2. The third kappa shape index (κ3) is 5.78. The summed E-state index contributed by atoms with van der Waals surface area (Å²) in [4.78, 5) is 26.4. The lowest BCUT2D eigenvalue weighted by Gasteiger charge is -2.13. The Balaban J connectivity index is 1.63. The smallest absolute Gasteiger partial charge is 0.293 e. The zero-order chi connectivity index (χ0) is 21.0. The summed E-state index contributed by atoms with van der Waals surface area (Å²) in [5.74, 6) is 1.04. The fourth-order valence-corrected chi connectivity index (χ4v) is 4.07. The second-order valence-electron chi connectivity index (χ2n) is 6.49. The van der Waals surface area contributed by atoms with E-state index in [0.717, 1.165) is 27.5 Å². The second kappa shape index (κ2) is 9.69. The minimum absolute atomic E-state index is 0.0590. The summed E-state index contributed by atoms with van der Waals surface area (Å²) in [7, 11) is 0. The quantitative estimate of drug-likeness (QED) is 0.440. The second-order valence-corrected chi connectivity index (χ2v) is 8.78. The van der Waals surface area contributed by atoms with E-state index in [1.54, 1.807) is 30.3 Å². The van der Waals surface area contributed by atoms with Gasteiger partial charge in [0.2, 0.25) is 0 Å². The van der Waals surface area contributed by atoms with Crippen LogP contribution in [0.5, 0.6) is 11.5 Å². The molecule has 2 aromatic rings. The van der Waals surface area contributed by atoms with Crippen molar-refractivity contribution >= 4 is 56.5 Å². The molecule has 1 aliphatic heterocycles. The average molecular weight is 497 g/mol. The molecule has 3 rings (SSSR count). The number of halogens is 2. The van der Waals surface area contributed by atoms with Crippen LogP contribution in [0.1, 0.15) is 19.4 Å². The molecule has 29 heavy (non-hydrogen) atoms. The molecule has 2 aromatic carbocycles. The Morgan fingerprint density at radius 2 is 1.90 bits per heavy atom. The normalized spacial score (nSPS) is 15.5. The summed E-state index contributed by atoms with van der Waals surface area (Å²) in [6, 6.07) is 12.4. The largest absolute Gasteiger partial charge is 0.492 e. The molecule has 152 valence electrons. The van der Waals surface area contributed by atoms with Gasteiger partial charge in [0, 0.05) is 5.02 Å². The van der Waals surface area contributed by atoms with Gasteiger partial charge in [0.1, 0.15) is 18.1 Å². The van der Waals surface area contributed by atoms with Crippen molar-refractivity contribution < 1.29 is 19.1 Å². The highest BCUT2D eigenvalue weighted by molar-refractivity contribution is 9.10. The number of carbonyl (C=O) groups excluding carboxylic acids is 2. The highest BCUT2D eigenvalue weighted by Gasteiger charge is 2.34.